The molecule has 1 aromatic rings. The number of carboxylic acid groups (broad SMARTS) is 1. The maximum absolute atomic E-state index is 11.4. The number of amides is 1. The molecule has 1 aliphatic rings. The largest absolute Gasteiger partial charge is 0.478 e. The van der Waals surface area contributed by atoms with E-state index in [1.165, 1.54) is 13.0 Å². The molecule has 21 heavy (non-hydrogen) atoms. The summed E-state index contributed by atoms with van der Waals surface area (Å²) >= 11 is 0. The highest BCUT2D eigenvalue weighted by molar-refractivity contribution is 5.93. The second-order valence-corrected chi connectivity index (χ2v) is 4.99. The first kappa shape index (κ1) is 15.2. The number of morpholine rings is 1. The number of rotatable bonds is 4. The van der Waals surface area contributed by atoms with E-state index >= 15 is 0 Å². The summed E-state index contributed by atoms with van der Waals surface area (Å²) in [5, 5.41) is 12.2. The predicted molar refractivity (Wildman–Crippen MR) is 76.4 cm³/mol. The minimum Gasteiger partial charge on any atom is -0.478 e. The molecular weight excluding hydrogens is 274 g/mol. The molecule has 0 bridgehead atoms. The van der Waals surface area contributed by atoms with Crippen LogP contribution in [0.15, 0.2) is 12.1 Å². The second-order valence-electron chi connectivity index (χ2n) is 4.99. The van der Waals surface area contributed by atoms with Gasteiger partial charge in [-0.25, -0.2) is 9.78 Å². The zero-order chi connectivity index (χ0) is 15.4. The van der Waals surface area contributed by atoms with Crippen molar-refractivity contribution in [3.63, 3.8) is 0 Å². The third-order valence-corrected chi connectivity index (χ3v) is 3.35. The van der Waals surface area contributed by atoms with Crippen LogP contribution in [0.2, 0.25) is 0 Å². The molecule has 0 aliphatic carbocycles. The maximum atomic E-state index is 11.4. The Morgan fingerprint density at radius 2 is 2.29 bits per heavy atom. The second kappa shape index (κ2) is 6.53. The van der Waals surface area contributed by atoms with Crippen LogP contribution in [0.3, 0.4) is 0 Å². The minimum absolute atomic E-state index is 0.0169. The fourth-order valence-electron chi connectivity index (χ4n) is 2.20. The molecular formula is C14H19N3O4. The fourth-order valence-corrected chi connectivity index (χ4v) is 2.20. The van der Waals surface area contributed by atoms with E-state index in [1.807, 2.05) is 0 Å². The van der Waals surface area contributed by atoms with Gasteiger partial charge >= 0.3 is 5.97 Å². The zero-order valence-electron chi connectivity index (χ0n) is 12.1. The SMILES string of the molecule is CC(=O)N1CCO[C@H](CNc2nc(C)ccc2C(=O)O)C1. The average Bonchev–Trinajstić information content (AvgIpc) is 2.45. The lowest BCUT2D eigenvalue weighted by atomic mass is 10.2. The van der Waals surface area contributed by atoms with Gasteiger partial charge < -0.3 is 20.1 Å². The first-order chi connectivity index (χ1) is 9.97. The summed E-state index contributed by atoms with van der Waals surface area (Å²) in [7, 11) is 0. The highest BCUT2D eigenvalue weighted by Gasteiger charge is 2.22. The number of aromatic carboxylic acids is 1. The third-order valence-electron chi connectivity index (χ3n) is 3.35. The Hall–Kier alpha value is -2.15. The molecule has 1 aromatic heterocycles. The lowest BCUT2D eigenvalue weighted by Gasteiger charge is -2.32. The highest BCUT2D eigenvalue weighted by Crippen LogP contribution is 2.14. The van der Waals surface area contributed by atoms with Gasteiger partial charge in [-0.2, -0.15) is 0 Å². The van der Waals surface area contributed by atoms with Crippen molar-refractivity contribution >= 4 is 17.7 Å². The third kappa shape index (κ3) is 3.91. The molecule has 1 atom stereocenters. The van der Waals surface area contributed by atoms with Crippen molar-refractivity contribution in [1.29, 1.82) is 0 Å². The van der Waals surface area contributed by atoms with Gasteiger partial charge in [-0.1, -0.05) is 0 Å². The van der Waals surface area contributed by atoms with E-state index in [9.17, 15) is 9.59 Å². The molecule has 7 heteroatoms. The van der Waals surface area contributed by atoms with E-state index in [-0.39, 0.29) is 17.6 Å². The number of aryl methyl sites for hydroxylation is 1. The monoisotopic (exact) mass is 293 g/mol. The van der Waals surface area contributed by atoms with Crippen LogP contribution in [-0.4, -0.2) is 59.2 Å². The van der Waals surface area contributed by atoms with Gasteiger partial charge in [-0.15, -0.1) is 0 Å². The van der Waals surface area contributed by atoms with Crippen molar-refractivity contribution in [3.05, 3.63) is 23.4 Å². The summed E-state index contributed by atoms with van der Waals surface area (Å²) in [5.74, 6) is -0.686. The molecule has 0 aromatic carbocycles. The molecule has 0 spiro atoms. The van der Waals surface area contributed by atoms with Gasteiger partial charge in [0.15, 0.2) is 0 Å². The molecule has 0 radical (unpaired) electrons. The highest BCUT2D eigenvalue weighted by atomic mass is 16.5. The molecule has 1 aliphatic heterocycles. The number of aromatic nitrogens is 1. The standard InChI is InChI=1S/C14H19N3O4/c1-9-3-4-12(14(19)20)13(16-9)15-7-11-8-17(10(2)18)5-6-21-11/h3-4,11H,5-8H2,1-2H3,(H,15,16)(H,19,20)/t11-/m1/s1. The lowest BCUT2D eigenvalue weighted by molar-refractivity contribution is -0.135. The molecule has 2 N–H and O–H groups in total. The van der Waals surface area contributed by atoms with E-state index < -0.39 is 5.97 Å². The maximum Gasteiger partial charge on any atom is 0.339 e. The molecule has 114 valence electrons. The summed E-state index contributed by atoms with van der Waals surface area (Å²) in [5.41, 5.74) is 0.859. The molecule has 7 nitrogen and oxygen atoms in total. The summed E-state index contributed by atoms with van der Waals surface area (Å²) in [4.78, 5) is 28.5. The quantitative estimate of drug-likeness (QED) is 0.851. The van der Waals surface area contributed by atoms with Gasteiger partial charge in [0, 0.05) is 32.3 Å². The van der Waals surface area contributed by atoms with Gasteiger partial charge in [-0.3, -0.25) is 4.79 Å². The van der Waals surface area contributed by atoms with Crippen LogP contribution in [0.5, 0.6) is 0 Å². The average molecular weight is 293 g/mol. The molecule has 1 amide bonds. The first-order valence-electron chi connectivity index (χ1n) is 6.79. The van der Waals surface area contributed by atoms with Crippen LogP contribution in [0.25, 0.3) is 0 Å². The Morgan fingerprint density at radius 1 is 1.52 bits per heavy atom. The van der Waals surface area contributed by atoms with Crippen LogP contribution >= 0.6 is 0 Å². The van der Waals surface area contributed by atoms with Crippen molar-refractivity contribution in [2.45, 2.75) is 20.0 Å². The van der Waals surface area contributed by atoms with Gasteiger partial charge in [0.05, 0.1) is 12.7 Å². The number of pyridine rings is 1. The fraction of sp³-hybridized carbons (Fsp3) is 0.500. The van der Waals surface area contributed by atoms with Gasteiger partial charge in [-0.05, 0) is 19.1 Å². The first-order valence-corrected chi connectivity index (χ1v) is 6.79. The molecule has 1 saturated heterocycles. The Labute approximate surface area is 122 Å². The van der Waals surface area contributed by atoms with E-state index in [2.05, 4.69) is 10.3 Å². The van der Waals surface area contributed by atoms with Crippen LogP contribution in [-0.2, 0) is 9.53 Å². The van der Waals surface area contributed by atoms with E-state index in [4.69, 9.17) is 9.84 Å². The Kier molecular flexibility index (Phi) is 4.74. The summed E-state index contributed by atoms with van der Waals surface area (Å²) in [6.45, 7) is 5.30. The van der Waals surface area contributed by atoms with Crippen molar-refractivity contribution in [3.8, 4) is 0 Å². The van der Waals surface area contributed by atoms with E-state index in [1.54, 1.807) is 17.9 Å². The molecule has 0 unspecified atom stereocenters. The lowest BCUT2D eigenvalue weighted by Crippen LogP contribution is -2.47. The number of hydrogen-bond acceptors (Lipinski definition) is 5. The number of hydrogen-bond donors (Lipinski definition) is 2. The van der Waals surface area contributed by atoms with Crippen molar-refractivity contribution in [2.75, 3.05) is 31.6 Å². The molecule has 2 rings (SSSR count). The van der Waals surface area contributed by atoms with Crippen molar-refractivity contribution in [2.24, 2.45) is 0 Å². The summed E-state index contributed by atoms with van der Waals surface area (Å²) < 4.78 is 5.58. The summed E-state index contributed by atoms with van der Waals surface area (Å²) in [6.07, 6.45) is -0.174. The number of nitrogens with zero attached hydrogens (tertiary/aromatic N) is 2. The molecule has 2 heterocycles. The number of carbonyl (C=O) groups excluding carboxylic acids is 1. The van der Waals surface area contributed by atoms with Crippen LogP contribution in [0.1, 0.15) is 23.0 Å². The van der Waals surface area contributed by atoms with Crippen LogP contribution in [0, 0.1) is 6.92 Å². The Balaban J connectivity index is 2.01. The molecule has 0 saturated carbocycles. The normalized spacial score (nSPS) is 18.4. The Bertz CT molecular complexity index is 547. The number of anilines is 1. The number of carbonyl (C=O) groups is 2. The predicted octanol–water partition coefficient (Wildman–Crippen LogP) is 0.747. The topological polar surface area (TPSA) is 91.8 Å². The minimum atomic E-state index is -1.03. The number of carboxylic acids is 1. The van der Waals surface area contributed by atoms with Crippen molar-refractivity contribution < 1.29 is 19.4 Å². The number of ether oxygens (including phenoxy) is 1. The number of nitrogens with one attached hydrogen (secondary N) is 1. The van der Waals surface area contributed by atoms with Crippen LogP contribution < -0.4 is 5.32 Å². The van der Waals surface area contributed by atoms with Gasteiger partial charge in [0.25, 0.3) is 0 Å². The van der Waals surface area contributed by atoms with Crippen LogP contribution in [0.4, 0.5) is 5.82 Å². The zero-order valence-corrected chi connectivity index (χ0v) is 12.1. The van der Waals surface area contributed by atoms with Crippen molar-refractivity contribution in [1.82, 2.24) is 9.88 Å². The van der Waals surface area contributed by atoms with Gasteiger partial charge in [0.1, 0.15) is 11.4 Å². The molecule has 1 fully saturated rings. The summed E-state index contributed by atoms with van der Waals surface area (Å²) in [6, 6.07) is 3.18. The van der Waals surface area contributed by atoms with E-state index in [0.29, 0.717) is 32.1 Å². The van der Waals surface area contributed by atoms with E-state index in [0.717, 1.165) is 5.69 Å². The Morgan fingerprint density at radius 3 is 2.95 bits per heavy atom. The van der Waals surface area contributed by atoms with Gasteiger partial charge in [0.2, 0.25) is 5.91 Å². The smallest absolute Gasteiger partial charge is 0.339 e.